The third-order valence-electron chi connectivity index (χ3n) is 20.6. The Balaban J connectivity index is 0.000000161. The number of pyridine rings is 5. The molecule has 0 bridgehead atoms. The fourth-order valence-electron chi connectivity index (χ4n) is 13.4. The van der Waals surface area contributed by atoms with Crippen LogP contribution in [0.5, 0.6) is 0 Å². The number of rotatable bonds is 21. The predicted molar refractivity (Wildman–Crippen MR) is 521 cm³/mol. The topological polar surface area (TPSA) is 372 Å². The summed E-state index contributed by atoms with van der Waals surface area (Å²) in [6, 6.07) is 74.7. The number of benzene rings is 6. The van der Waals surface area contributed by atoms with Gasteiger partial charge in [-0.3, -0.25) is 48.9 Å². The van der Waals surface area contributed by atoms with Crippen LogP contribution in [0.3, 0.4) is 0 Å². The van der Waals surface area contributed by atoms with Crippen LogP contribution in [0.4, 0.5) is 29.1 Å². The SMILES string of the molecule is C.C.C#Cc1ccc(C(C)C(=O)Nc2ccnc(-c3ccccn3)n2)cc1.C#Cc1ccc(COCC(=O)Nc2ccnc(-c3ccccn3)n2)cc1.C#Cc1ccc2c(c1)CCCC2C(=O)Nc1nc(-c2ccccn2)ncc1C.Cc1cnc(-c2ccccn2)nc1NC(=O)C(C)c1ccc(C#N)cc1.Cc1cnc(-c2ccccn2)nc1NC(=O)Cc1ccc2ccccc2c1. The summed E-state index contributed by atoms with van der Waals surface area (Å²) in [5.41, 5.74) is 14.5. The molecule has 134 heavy (non-hydrogen) atoms. The van der Waals surface area contributed by atoms with E-state index in [1.165, 1.54) is 0 Å². The number of carbonyl (C=O) groups is 5. The Kier molecular flexibility index (Phi) is 35.0. The van der Waals surface area contributed by atoms with Gasteiger partial charge in [0.05, 0.1) is 42.4 Å². The smallest absolute Gasteiger partial charge is 0.251 e. The molecule has 17 rings (SSSR count). The molecule has 27 nitrogen and oxygen atoms in total. The van der Waals surface area contributed by atoms with E-state index in [-0.39, 0.29) is 75.2 Å². The molecular formula is C107H95N21O6. The number of nitrogens with one attached hydrogen (secondary N) is 5. The summed E-state index contributed by atoms with van der Waals surface area (Å²) in [6.45, 7) is 9.47. The first-order chi connectivity index (χ1) is 64.3. The van der Waals surface area contributed by atoms with Gasteiger partial charge >= 0.3 is 0 Å². The van der Waals surface area contributed by atoms with Crippen LogP contribution in [-0.4, -0.2) is 111 Å². The number of aromatic nitrogens is 15. The van der Waals surface area contributed by atoms with E-state index in [1.807, 2.05) is 223 Å². The fraction of sp³-hybridized carbons (Fsp3) is 0.150. The molecule has 1 aliphatic carbocycles. The highest BCUT2D eigenvalue weighted by Gasteiger charge is 2.28. The van der Waals surface area contributed by atoms with Crippen molar-refractivity contribution in [3.8, 4) is 101 Å². The summed E-state index contributed by atoms with van der Waals surface area (Å²) in [6.07, 6.45) is 35.8. The molecule has 27 heteroatoms. The normalized spacial score (nSPS) is 11.7. The van der Waals surface area contributed by atoms with Gasteiger partial charge in [-0.05, 0) is 219 Å². The van der Waals surface area contributed by atoms with Crippen LogP contribution >= 0.6 is 0 Å². The maximum absolute atomic E-state index is 13.1. The van der Waals surface area contributed by atoms with Crippen molar-refractivity contribution in [1.29, 1.82) is 5.26 Å². The van der Waals surface area contributed by atoms with Crippen LogP contribution in [0.25, 0.3) is 68.4 Å². The van der Waals surface area contributed by atoms with Gasteiger partial charge in [0.15, 0.2) is 29.1 Å². The zero-order valence-electron chi connectivity index (χ0n) is 72.6. The molecule has 0 saturated heterocycles. The number of ether oxygens (including phenoxy) is 1. The molecule has 0 aliphatic heterocycles. The van der Waals surface area contributed by atoms with Gasteiger partial charge in [0, 0.05) is 95.3 Å². The Morgan fingerprint density at radius 1 is 0.403 bits per heavy atom. The van der Waals surface area contributed by atoms with Crippen molar-refractivity contribution >= 4 is 69.4 Å². The average molecular weight is 1770 g/mol. The molecule has 0 spiro atoms. The van der Waals surface area contributed by atoms with Crippen LogP contribution in [0, 0.1) is 69.1 Å². The molecule has 1 aliphatic rings. The second kappa shape index (κ2) is 48.4. The highest BCUT2D eigenvalue weighted by molar-refractivity contribution is 5.98. The molecule has 664 valence electrons. The van der Waals surface area contributed by atoms with Crippen LogP contribution < -0.4 is 26.6 Å². The molecule has 5 N–H and O–H groups in total. The zero-order valence-corrected chi connectivity index (χ0v) is 72.6. The number of nitriles is 1. The Bertz CT molecular complexity index is 6900. The number of nitrogens with zero attached hydrogens (tertiary/aromatic N) is 16. The molecule has 16 aromatic rings. The van der Waals surface area contributed by atoms with Gasteiger partial charge in [0.1, 0.15) is 64.2 Å². The number of fused-ring (bicyclic) bond motifs is 2. The van der Waals surface area contributed by atoms with E-state index in [9.17, 15) is 24.0 Å². The zero-order chi connectivity index (χ0) is 92.5. The first-order valence-electron chi connectivity index (χ1n) is 41.9. The van der Waals surface area contributed by atoms with Gasteiger partial charge in [-0.15, -0.1) is 19.3 Å². The van der Waals surface area contributed by atoms with Crippen LogP contribution in [0.2, 0.25) is 0 Å². The third kappa shape index (κ3) is 27.1. The molecular weight excluding hydrogens is 1680 g/mol. The lowest BCUT2D eigenvalue weighted by Crippen LogP contribution is -2.25. The minimum Gasteiger partial charge on any atom is -0.367 e. The highest BCUT2D eigenvalue weighted by Crippen LogP contribution is 2.34. The number of carbonyl (C=O) groups excluding carboxylic acids is 5. The molecule has 0 saturated carbocycles. The summed E-state index contributed by atoms with van der Waals surface area (Å²) in [5.74, 6) is 10.7. The molecule has 3 unspecified atom stereocenters. The van der Waals surface area contributed by atoms with Crippen molar-refractivity contribution in [2.45, 2.75) is 99.5 Å². The number of terminal acetylenes is 3. The maximum atomic E-state index is 13.1. The van der Waals surface area contributed by atoms with Crippen molar-refractivity contribution in [3.63, 3.8) is 0 Å². The van der Waals surface area contributed by atoms with Crippen molar-refractivity contribution in [2.75, 3.05) is 33.2 Å². The molecule has 10 aromatic heterocycles. The summed E-state index contributed by atoms with van der Waals surface area (Å²) in [7, 11) is 0. The molecule has 0 fully saturated rings. The van der Waals surface area contributed by atoms with E-state index < -0.39 is 0 Å². The molecule has 0 radical (unpaired) electrons. The summed E-state index contributed by atoms with van der Waals surface area (Å²) in [4.78, 5) is 127. The van der Waals surface area contributed by atoms with E-state index >= 15 is 0 Å². The minimum atomic E-state index is -0.379. The summed E-state index contributed by atoms with van der Waals surface area (Å²) >= 11 is 0. The average Bonchev–Trinajstić information content (AvgIpc) is 0.794. The minimum absolute atomic E-state index is 0. The van der Waals surface area contributed by atoms with Crippen LogP contribution in [-0.2, 0) is 48.2 Å². The number of hydrogen-bond donors (Lipinski definition) is 5. The summed E-state index contributed by atoms with van der Waals surface area (Å²) < 4.78 is 5.42. The van der Waals surface area contributed by atoms with Crippen LogP contribution in [0.15, 0.2) is 299 Å². The standard InChI is InChI=1S/C23H20N4O.C22H18N4O.C20H17N5O.C20H16N4O2.C20H16N4O.2CH4/c1-3-16-10-11-18-17(13-16)7-6-8-19(18)23(28)27-21-15(2)14-25-22(26-21)20-9-4-5-12-24-20;1-15-14-24-22(19-8-4-5-11-23-19)26-21(15)25-20(27)13-16-9-10-17-6-2-3-7-18(17)12-16;1-13-12-23-19(17-5-3-4-10-22-17)24-18(13)25-20(26)14(2)16-8-6-15(11-21)7-9-16;1-2-15-6-8-16(9-7-15)13-26-14-19(25)23-18-10-12-22-20(24-18)17-5-3-4-11-21-17;1-3-15-7-9-16(10-8-15)14(2)20(25)24-18-11-13-22-19(23-18)17-6-4-5-12-21-17;;/h1,4-5,9-14,19H,6-8H2,2H3,(H,25,26,27,28);2-12,14H,13H2,1H3,(H,24,25,26,27);3-10,12,14H,1-2H3,(H,23,24,25,26);1,3-12H,13-14H2,(H,22,23,24,25);1,4-14H,2H3,(H,22,23,24,25);2*1H4. The van der Waals surface area contributed by atoms with Crippen molar-refractivity contribution < 1.29 is 28.7 Å². The predicted octanol–water partition coefficient (Wildman–Crippen LogP) is 18.7. The lowest BCUT2D eigenvalue weighted by molar-refractivity contribution is -0.121. The summed E-state index contributed by atoms with van der Waals surface area (Å²) in [5, 5.41) is 25.4. The molecule has 10 heterocycles. The maximum Gasteiger partial charge on any atom is 0.251 e. The third-order valence-corrected chi connectivity index (χ3v) is 20.6. The second-order valence-electron chi connectivity index (χ2n) is 30.0. The first-order valence-corrected chi connectivity index (χ1v) is 41.9. The highest BCUT2D eigenvalue weighted by atomic mass is 16.5. The van der Waals surface area contributed by atoms with E-state index in [2.05, 4.69) is 131 Å². The Labute approximate surface area is 778 Å². The Morgan fingerprint density at radius 2 is 0.813 bits per heavy atom. The number of hydrogen-bond acceptors (Lipinski definition) is 22. The molecule has 5 amide bonds. The van der Waals surface area contributed by atoms with Gasteiger partial charge in [-0.25, -0.2) is 49.8 Å². The number of aryl methyl sites for hydroxylation is 4. The first kappa shape index (κ1) is 96.8. The van der Waals surface area contributed by atoms with Gasteiger partial charge in [-0.2, -0.15) is 5.26 Å². The van der Waals surface area contributed by atoms with E-state index in [1.54, 1.807) is 104 Å². The van der Waals surface area contributed by atoms with E-state index in [0.29, 0.717) is 98.9 Å². The van der Waals surface area contributed by atoms with Gasteiger partial charge in [0.25, 0.3) is 5.91 Å². The number of anilines is 5. The molecule has 6 aromatic carbocycles. The van der Waals surface area contributed by atoms with Crippen molar-refractivity contribution in [3.05, 3.63) is 371 Å². The quantitative estimate of drug-likeness (QED) is 0.0417. The Hall–Kier alpha value is -17.8. The van der Waals surface area contributed by atoms with Crippen LogP contribution in [0.1, 0.15) is 132 Å². The number of amides is 5. The Morgan fingerprint density at radius 3 is 1.28 bits per heavy atom. The fourth-order valence-corrected chi connectivity index (χ4v) is 13.4. The second-order valence-corrected chi connectivity index (χ2v) is 30.0. The monoisotopic (exact) mass is 1770 g/mol. The molecule has 3 atom stereocenters. The van der Waals surface area contributed by atoms with Crippen molar-refractivity contribution in [1.82, 2.24) is 74.8 Å². The largest absolute Gasteiger partial charge is 0.367 e. The van der Waals surface area contributed by atoms with Crippen molar-refractivity contribution in [2.24, 2.45) is 0 Å². The van der Waals surface area contributed by atoms with Gasteiger partial charge in [-0.1, -0.05) is 148 Å². The van der Waals surface area contributed by atoms with Gasteiger partial charge in [0.2, 0.25) is 23.6 Å². The van der Waals surface area contributed by atoms with E-state index in [4.69, 9.17) is 29.3 Å². The van der Waals surface area contributed by atoms with Gasteiger partial charge < -0.3 is 31.3 Å². The van der Waals surface area contributed by atoms with E-state index in [0.717, 1.165) is 96.8 Å². The lowest BCUT2D eigenvalue weighted by atomic mass is 9.81. The lowest BCUT2D eigenvalue weighted by Gasteiger charge is -2.25.